The van der Waals surface area contributed by atoms with Crippen LogP contribution in [0.1, 0.15) is 49.9 Å². The molecule has 4 aliphatic rings. The van der Waals surface area contributed by atoms with Gasteiger partial charge < -0.3 is 29.5 Å². The number of morpholine rings is 2. The van der Waals surface area contributed by atoms with E-state index in [1.165, 1.54) is 50.5 Å². The Morgan fingerprint density at radius 1 is 0.536 bits per heavy atom. The number of para-hydroxylation sites is 2. The van der Waals surface area contributed by atoms with Crippen molar-refractivity contribution in [2.75, 3.05) is 85.7 Å². The molecule has 4 aliphatic heterocycles. The van der Waals surface area contributed by atoms with E-state index in [0.717, 1.165) is 115 Å². The first-order chi connectivity index (χ1) is 33.5. The summed E-state index contributed by atoms with van der Waals surface area (Å²) in [6, 6.07) is 51.1. The molecule has 0 bridgehead atoms. The molecule has 1 N–H and O–H groups in total. The lowest BCUT2D eigenvalue weighted by Crippen LogP contribution is -2.36. The van der Waals surface area contributed by atoms with E-state index in [1.54, 1.807) is 0 Å². The zero-order chi connectivity index (χ0) is 47.7. The van der Waals surface area contributed by atoms with E-state index in [2.05, 4.69) is 158 Å². The van der Waals surface area contributed by atoms with Gasteiger partial charge in [0.1, 0.15) is 0 Å². The summed E-state index contributed by atoms with van der Waals surface area (Å²) in [5.74, 6) is 0. The molecular formula is C60H63ClN6O2. The van der Waals surface area contributed by atoms with Gasteiger partial charge in [-0.1, -0.05) is 148 Å². The second-order valence-electron chi connectivity index (χ2n) is 19.9. The Morgan fingerprint density at radius 2 is 1.03 bits per heavy atom. The molecule has 352 valence electrons. The molecule has 8 aromatic rings. The van der Waals surface area contributed by atoms with Crippen molar-refractivity contribution in [1.29, 1.82) is 0 Å². The van der Waals surface area contributed by atoms with Crippen molar-refractivity contribution in [1.82, 2.24) is 9.97 Å². The Labute approximate surface area is 412 Å². The highest BCUT2D eigenvalue weighted by Crippen LogP contribution is 2.49. The maximum absolute atomic E-state index is 6.44. The third kappa shape index (κ3) is 9.38. The fourth-order valence-corrected chi connectivity index (χ4v) is 10.7. The van der Waals surface area contributed by atoms with Crippen LogP contribution < -0.4 is 20.0 Å². The van der Waals surface area contributed by atoms with E-state index in [1.807, 2.05) is 49.4 Å². The van der Waals surface area contributed by atoms with Crippen molar-refractivity contribution >= 4 is 61.8 Å². The molecule has 0 spiro atoms. The largest absolute Gasteiger partial charge is 0.384 e. The van der Waals surface area contributed by atoms with Gasteiger partial charge in [-0.2, -0.15) is 0 Å². The first kappa shape index (κ1) is 46.3. The number of benzene rings is 6. The van der Waals surface area contributed by atoms with Gasteiger partial charge in [-0.15, -0.1) is 0 Å². The third-order valence-electron chi connectivity index (χ3n) is 14.3. The zero-order valence-corrected chi connectivity index (χ0v) is 41.6. The maximum atomic E-state index is 6.44. The second-order valence-corrected chi connectivity index (χ2v) is 20.3. The SMILES string of the molecule is CC1(C)CNc2cc(N3CCOCC3)ccc21.Cc1c(-c2ccccc2)nc2ccccc2c1Cl.Cc1c(-c2ccccc2)nc2ccccc2c1N1CC(C)(C)c2ccc(N3CCOCC3)cc21. The smallest absolute Gasteiger partial charge is 0.0759 e. The molecule has 6 heterocycles. The highest BCUT2D eigenvalue weighted by Gasteiger charge is 2.38. The van der Waals surface area contributed by atoms with E-state index in [9.17, 15) is 0 Å². The normalized spacial score (nSPS) is 16.8. The predicted octanol–water partition coefficient (Wildman–Crippen LogP) is 13.6. The molecule has 0 atom stereocenters. The molecule has 2 fully saturated rings. The quantitative estimate of drug-likeness (QED) is 0.183. The Morgan fingerprint density at radius 3 is 1.62 bits per heavy atom. The minimum Gasteiger partial charge on any atom is -0.384 e. The molecule has 2 saturated heterocycles. The number of hydrogen-bond donors (Lipinski definition) is 1. The number of hydrogen-bond acceptors (Lipinski definition) is 8. The summed E-state index contributed by atoms with van der Waals surface area (Å²) in [6.07, 6.45) is 0. The van der Waals surface area contributed by atoms with Crippen LogP contribution in [0.25, 0.3) is 44.3 Å². The molecule has 9 heteroatoms. The maximum Gasteiger partial charge on any atom is 0.0759 e. The van der Waals surface area contributed by atoms with Crippen molar-refractivity contribution in [3.63, 3.8) is 0 Å². The molecule has 0 amide bonds. The van der Waals surface area contributed by atoms with Crippen molar-refractivity contribution in [3.8, 4) is 22.5 Å². The Hall–Kier alpha value is -6.45. The number of aromatic nitrogens is 2. The molecule has 69 heavy (non-hydrogen) atoms. The Kier molecular flexibility index (Phi) is 13.1. The second kappa shape index (κ2) is 19.5. The molecule has 0 aliphatic carbocycles. The van der Waals surface area contributed by atoms with E-state index >= 15 is 0 Å². The lowest BCUT2D eigenvalue weighted by molar-refractivity contribution is 0.122. The summed E-state index contributed by atoms with van der Waals surface area (Å²) < 4.78 is 11.0. The average Bonchev–Trinajstić information content (AvgIpc) is 3.85. The Balaban J connectivity index is 0.000000133. The van der Waals surface area contributed by atoms with E-state index in [-0.39, 0.29) is 10.8 Å². The zero-order valence-electron chi connectivity index (χ0n) is 40.9. The summed E-state index contributed by atoms with van der Waals surface area (Å²) in [4.78, 5) is 17.2. The fraction of sp³-hybridized carbons (Fsp3) is 0.300. The highest BCUT2D eigenvalue weighted by atomic mass is 35.5. The molecule has 0 unspecified atom stereocenters. The first-order valence-corrected chi connectivity index (χ1v) is 24.9. The number of nitrogens with one attached hydrogen (secondary N) is 1. The van der Waals surface area contributed by atoms with Gasteiger partial charge in [0.15, 0.2) is 0 Å². The van der Waals surface area contributed by atoms with Crippen LogP contribution in [0, 0.1) is 13.8 Å². The predicted molar refractivity (Wildman–Crippen MR) is 289 cm³/mol. The van der Waals surface area contributed by atoms with Crippen molar-refractivity contribution in [2.45, 2.75) is 52.4 Å². The van der Waals surface area contributed by atoms with Gasteiger partial charge in [-0.3, -0.25) is 0 Å². The van der Waals surface area contributed by atoms with E-state index in [4.69, 9.17) is 31.0 Å². The lowest BCUT2D eigenvalue weighted by Gasteiger charge is -2.30. The fourth-order valence-electron chi connectivity index (χ4n) is 10.5. The topological polar surface area (TPSA) is 66.0 Å². The number of fused-ring (bicyclic) bond motifs is 4. The van der Waals surface area contributed by atoms with Gasteiger partial charge >= 0.3 is 0 Å². The summed E-state index contributed by atoms with van der Waals surface area (Å²) in [6.45, 7) is 22.7. The van der Waals surface area contributed by atoms with Crippen LogP contribution >= 0.6 is 11.6 Å². The monoisotopic (exact) mass is 934 g/mol. The van der Waals surface area contributed by atoms with Gasteiger partial charge in [0.2, 0.25) is 0 Å². The Bertz CT molecular complexity index is 3110. The number of halogens is 1. The molecule has 12 rings (SSSR count). The number of pyridine rings is 2. The molecule has 8 nitrogen and oxygen atoms in total. The van der Waals surface area contributed by atoms with Crippen molar-refractivity contribution in [3.05, 3.63) is 173 Å². The number of anilines is 5. The lowest BCUT2D eigenvalue weighted by atomic mass is 9.87. The third-order valence-corrected chi connectivity index (χ3v) is 14.8. The van der Waals surface area contributed by atoms with Crippen LogP contribution in [0.3, 0.4) is 0 Å². The summed E-state index contributed by atoms with van der Waals surface area (Å²) in [5.41, 5.74) is 18.2. The van der Waals surface area contributed by atoms with Crippen LogP contribution in [0.5, 0.6) is 0 Å². The molecule has 0 radical (unpaired) electrons. The van der Waals surface area contributed by atoms with E-state index in [0.29, 0.717) is 0 Å². The van der Waals surface area contributed by atoms with Crippen LogP contribution in [0.15, 0.2) is 146 Å². The van der Waals surface area contributed by atoms with Crippen LogP contribution in [-0.2, 0) is 20.3 Å². The highest BCUT2D eigenvalue weighted by molar-refractivity contribution is 6.36. The van der Waals surface area contributed by atoms with Gasteiger partial charge in [0, 0.05) is 94.7 Å². The van der Waals surface area contributed by atoms with Crippen LogP contribution in [-0.4, -0.2) is 75.7 Å². The number of nitrogens with zero attached hydrogens (tertiary/aromatic N) is 5. The first-order valence-electron chi connectivity index (χ1n) is 24.5. The van der Waals surface area contributed by atoms with Crippen LogP contribution in [0.4, 0.5) is 28.4 Å². The minimum atomic E-state index is 0.0581. The molecule has 0 saturated carbocycles. The van der Waals surface area contributed by atoms with Gasteiger partial charge in [0.05, 0.1) is 59.6 Å². The van der Waals surface area contributed by atoms with Gasteiger partial charge in [-0.25, -0.2) is 9.97 Å². The number of rotatable bonds is 5. The number of ether oxygens (including phenoxy) is 2. The summed E-state index contributed by atoms with van der Waals surface area (Å²) >= 11 is 6.44. The average molecular weight is 936 g/mol. The van der Waals surface area contributed by atoms with Crippen LogP contribution in [0.2, 0.25) is 5.02 Å². The summed E-state index contributed by atoms with van der Waals surface area (Å²) in [7, 11) is 0. The van der Waals surface area contributed by atoms with E-state index < -0.39 is 0 Å². The molecular weight excluding hydrogens is 872 g/mol. The van der Waals surface area contributed by atoms with Crippen molar-refractivity contribution < 1.29 is 9.47 Å². The molecule has 2 aromatic heterocycles. The summed E-state index contributed by atoms with van der Waals surface area (Å²) in [5, 5.41) is 6.52. The van der Waals surface area contributed by atoms with Gasteiger partial charge in [-0.05, 0) is 72.5 Å². The molecule has 6 aromatic carbocycles. The van der Waals surface area contributed by atoms with Gasteiger partial charge in [0.25, 0.3) is 0 Å². The minimum absolute atomic E-state index is 0.0581. The van der Waals surface area contributed by atoms with Crippen molar-refractivity contribution in [2.24, 2.45) is 0 Å². The standard InChI is InChI=1S/C30H31N3O.C16H12ClN.C14H20N2O/c1-21-28(22-9-5-4-6-10-22)31-26-12-8-7-11-24(26)29(21)33-20-30(2,3)25-14-13-23(19-27(25)33)32-15-17-34-18-16-32;1-11-15(17)13-9-5-6-10-14(13)18-16(11)12-7-3-2-4-8-12;1-14(2)10-15-13-9-11(3-4-12(13)14)16-5-7-17-8-6-16/h4-14,19H,15-18,20H2,1-3H3;2-10H,1H3;3-4,9,15H,5-8,10H2,1-2H3.